The molecule has 0 aliphatic heterocycles. The fourth-order valence-electron chi connectivity index (χ4n) is 3.07. The van der Waals surface area contributed by atoms with E-state index in [4.69, 9.17) is 5.73 Å². The third-order valence-corrected chi connectivity index (χ3v) is 4.01. The summed E-state index contributed by atoms with van der Waals surface area (Å²) in [5, 5.41) is 0. The minimum Gasteiger partial charge on any atom is -0.330 e. The van der Waals surface area contributed by atoms with E-state index < -0.39 is 0 Å². The van der Waals surface area contributed by atoms with Crippen molar-refractivity contribution in [2.45, 2.75) is 31.7 Å². The van der Waals surface area contributed by atoms with Gasteiger partial charge in [-0.2, -0.15) is 0 Å². The zero-order valence-corrected chi connectivity index (χ0v) is 10.0. The molecule has 1 aliphatic carbocycles. The first-order chi connectivity index (χ1) is 8.40. The highest BCUT2D eigenvalue weighted by molar-refractivity contribution is 5.75. The molecular formula is C14H19N3. The molecule has 2 aromatic rings. The molecule has 3 heteroatoms. The highest BCUT2D eigenvalue weighted by Crippen LogP contribution is 2.35. The number of para-hydroxylation sites is 2. The first-order valence-corrected chi connectivity index (χ1v) is 6.52. The van der Waals surface area contributed by atoms with Gasteiger partial charge in [0.1, 0.15) is 0 Å². The van der Waals surface area contributed by atoms with Crippen molar-refractivity contribution in [2.24, 2.45) is 11.7 Å². The van der Waals surface area contributed by atoms with Crippen LogP contribution in [0.4, 0.5) is 0 Å². The number of benzene rings is 1. The molecule has 1 aromatic carbocycles. The van der Waals surface area contributed by atoms with Crippen LogP contribution in [-0.2, 0) is 0 Å². The Hall–Kier alpha value is -1.35. The van der Waals surface area contributed by atoms with Crippen LogP contribution in [0.2, 0.25) is 0 Å². The van der Waals surface area contributed by atoms with Crippen LogP contribution in [0.1, 0.15) is 31.7 Å². The number of hydrogen-bond acceptors (Lipinski definition) is 2. The average molecular weight is 229 g/mol. The predicted molar refractivity (Wildman–Crippen MR) is 69.8 cm³/mol. The normalized spacial score (nSPS) is 25.2. The van der Waals surface area contributed by atoms with Crippen LogP contribution in [0.3, 0.4) is 0 Å². The maximum atomic E-state index is 5.91. The molecule has 0 saturated heterocycles. The van der Waals surface area contributed by atoms with Crippen molar-refractivity contribution in [1.82, 2.24) is 9.55 Å². The summed E-state index contributed by atoms with van der Waals surface area (Å²) >= 11 is 0. The molecule has 1 heterocycles. The summed E-state index contributed by atoms with van der Waals surface area (Å²) < 4.78 is 2.34. The average Bonchev–Trinajstić information content (AvgIpc) is 2.82. The standard InChI is InChI=1S/C14H19N3/c15-9-11-5-1-3-7-13(11)17-10-16-12-6-2-4-8-14(12)17/h2,4,6,8,10-11,13H,1,3,5,7,9,15H2. The molecule has 1 aromatic heterocycles. The van der Waals surface area contributed by atoms with E-state index >= 15 is 0 Å². The van der Waals surface area contributed by atoms with E-state index in [9.17, 15) is 0 Å². The molecule has 90 valence electrons. The zero-order chi connectivity index (χ0) is 11.7. The van der Waals surface area contributed by atoms with Gasteiger partial charge in [0.15, 0.2) is 0 Å². The van der Waals surface area contributed by atoms with Crippen molar-refractivity contribution in [3.05, 3.63) is 30.6 Å². The van der Waals surface area contributed by atoms with Crippen LogP contribution in [0, 0.1) is 5.92 Å². The third kappa shape index (κ3) is 1.84. The van der Waals surface area contributed by atoms with E-state index in [0.29, 0.717) is 12.0 Å². The molecule has 1 saturated carbocycles. The molecule has 0 spiro atoms. The maximum Gasteiger partial charge on any atom is 0.0961 e. The van der Waals surface area contributed by atoms with Crippen molar-refractivity contribution >= 4 is 11.0 Å². The van der Waals surface area contributed by atoms with Crippen LogP contribution in [0.15, 0.2) is 30.6 Å². The van der Waals surface area contributed by atoms with Crippen molar-refractivity contribution in [2.75, 3.05) is 6.54 Å². The lowest BCUT2D eigenvalue weighted by atomic mass is 9.84. The van der Waals surface area contributed by atoms with Gasteiger partial charge in [-0.15, -0.1) is 0 Å². The second kappa shape index (κ2) is 4.49. The lowest BCUT2D eigenvalue weighted by molar-refractivity contribution is 0.249. The van der Waals surface area contributed by atoms with Gasteiger partial charge in [0, 0.05) is 6.04 Å². The Morgan fingerprint density at radius 1 is 1.24 bits per heavy atom. The monoisotopic (exact) mass is 229 g/mol. The summed E-state index contributed by atoms with van der Waals surface area (Å²) in [6, 6.07) is 8.90. The van der Waals surface area contributed by atoms with E-state index in [-0.39, 0.29) is 0 Å². The summed E-state index contributed by atoms with van der Waals surface area (Å²) in [6.07, 6.45) is 7.12. The minimum atomic E-state index is 0.543. The number of nitrogens with zero attached hydrogens (tertiary/aromatic N) is 2. The summed E-state index contributed by atoms with van der Waals surface area (Å²) in [4.78, 5) is 4.48. The minimum absolute atomic E-state index is 0.543. The van der Waals surface area contributed by atoms with Crippen molar-refractivity contribution < 1.29 is 0 Å². The summed E-state index contributed by atoms with van der Waals surface area (Å²) in [5.41, 5.74) is 8.25. The Labute approximate surface area is 102 Å². The second-order valence-corrected chi connectivity index (χ2v) is 4.99. The number of hydrogen-bond donors (Lipinski definition) is 1. The molecule has 3 nitrogen and oxygen atoms in total. The van der Waals surface area contributed by atoms with E-state index in [1.54, 1.807) is 0 Å². The lowest BCUT2D eigenvalue weighted by Gasteiger charge is -2.32. The SMILES string of the molecule is NCC1CCCCC1n1cnc2ccccc21. The fraction of sp³-hybridized carbons (Fsp3) is 0.500. The molecule has 17 heavy (non-hydrogen) atoms. The van der Waals surface area contributed by atoms with Gasteiger partial charge in [-0.3, -0.25) is 0 Å². The smallest absolute Gasteiger partial charge is 0.0961 e. The molecule has 0 radical (unpaired) electrons. The molecule has 2 atom stereocenters. The largest absolute Gasteiger partial charge is 0.330 e. The Morgan fingerprint density at radius 3 is 2.94 bits per heavy atom. The highest BCUT2D eigenvalue weighted by Gasteiger charge is 2.26. The number of nitrogens with two attached hydrogens (primary N) is 1. The third-order valence-electron chi connectivity index (χ3n) is 4.01. The Bertz CT molecular complexity index is 503. The van der Waals surface area contributed by atoms with Crippen molar-refractivity contribution in [3.63, 3.8) is 0 Å². The van der Waals surface area contributed by atoms with Crippen molar-refractivity contribution in [1.29, 1.82) is 0 Å². The van der Waals surface area contributed by atoms with Gasteiger partial charge in [-0.25, -0.2) is 4.98 Å². The van der Waals surface area contributed by atoms with E-state index in [1.165, 1.54) is 31.2 Å². The van der Waals surface area contributed by atoms with Crippen LogP contribution in [0.25, 0.3) is 11.0 Å². The lowest BCUT2D eigenvalue weighted by Crippen LogP contribution is -2.28. The van der Waals surface area contributed by atoms with Crippen LogP contribution in [-0.4, -0.2) is 16.1 Å². The van der Waals surface area contributed by atoms with Gasteiger partial charge < -0.3 is 10.3 Å². The molecule has 2 unspecified atom stereocenters. The van der Waals surface area contributed by atoms with E-state index in [1.807, 2.05) is 12.4 Å². The summed E-state index contributed by atoms with van der Waals surface area (Å²) in [7, 11) is 0. The van der Waals surface area contributed by atoms with Gasteiger partial charge in [-0.1, -0.05) is 25.0 Å². The number of aromatic nitrogens is 2. The molecule has 1 aliphatic rings. The number of fused-ring (bicyclic) bond motifs is 1. The molecule has 3 rings (SSSR count). The molecule has 0 bridgehead atoms. The fourth-order valence-corrected chi connectivity index (χ4v) is 3.07. The Balaban J connectivity index is 2.01. The first kappa shape index (κ1) is 10.8. The van der Waals surface area contributed by atoms with Gasteiger partial charge in [0.2, 0.25) is 0 Å². The Morgan fingerprint density at radius 2 is 2.06 bits per heavy atom. The Kier molecular flexibility index (Phi) is 2.85. The topological polar surface area (TPSA) is 43.8 Å². The predicted octanol–water partition coefficient (Wildman–Crippen LogP) is 2.73. The van der Waals surface area contributed by atoms with E-state index in [0.717, 1.165) is 12.1 Å². The number of rotatable bonds is 2. The molecule has 1 fully saturated rings. The maximum absolute atomic E-state index is 5.91. The van der Waals surface area contributed by atoms with E-state index in [2.05, 4.69) is 27.8 Å². The first-order valence-electron chi connectivity index (χ1n) is 6.52. The van der Waals surface area contributed by atoms with Gasteiger partial charge >= 0.3 is 0 Å². The van der Waals surface area contributed by atoms with Gasteiger partial charge in [0.05, 0.1) is 17.4 Å². The zero-order valence-electron chi connectivity index (χ0n) is 10.0. The van der Waals surface area contributed by atoms with Gasteiger partial charge in [0.25, 0.3) is 0 Å². The number of imidazole rings is 1. The molecular weight excluding hydrogens is 210 g/mol. The van der Waals surface area contributed by atoms with Gasteiger partial charge in [-0.05, 0) is 37.4 Å². The second-order valence-electron chi connectivity index (χ2n) is 4.99. The van der Waals surface area contributed by atoms with Crippen molar-refractivity contribution in [3.8, 4) is 0 Å². The quantitative estimate of drug-likeness (QED) is 0.860. The molecule has 2 N–H and O–H groups in total. The van der Waals surface area contributed by atoms with Crippen LogP contribution >= 0.6 is 0 Å². The summed E-state index contributed by atoms with van der Waals surface area (Å²) in [6.45, 7) is 0.789. The highest BCUT2D eigenvalue weighted by atomic mass is 15.1. The molecule has 0 amide bonds. The summed E-state index contributed by atoms with van der Waals surface area (Å²) in [5.74, 6) is 0.612. The van der Waals surface area contributed by atoms with Crippen LogP contribution in [0.5, 0.6) is 0 Å². The van der Waals surface area contributed by atoms with Crippen LogP contribution < -0.4 is 5.73 Å².